The van der Waals surface area contributed by atoms with Crippen LogP contribution in [0.25, 0.3) is 0 Å². The third-order valence-electron chi connectivity index (χ3n) is 10.2. The number of rotatable bonds is 28. The van der Waals surface area contributed by atoms with E-state index in [4.69, 9.17) is 29.9 Å². The smallest absolute Gasteiger partial charge is 0.322 e. The number of unbranched alkanes of at least 4 members (excludes halogenated alkanes) is 2. The number of ether oxygens (including phenoxy) is 4. The second kappa shape index (κ2) is 27.1. The predicted octanol–water partition coefficient (Wildman–Crippen LogP) is 2.48. The normalized spacial score (nSPS) is 15.8. The molecule has 1 aromatic heterocycles. The molecule has 3 heterocycles. The van der Waals surface area contributed by atoms with Gasteiger partial charge in [0, 0.05) is 63.0 Å². The number of urea groups is 1. The molecule has 0 saturated carbocycles. The van der Waals surface area contributed by atoms with Crippen LogP contribution < -0.4 is 27.2 Å². The van der Waals surface area contributed by atoms with Gasteiger partial charge in [0.25, 0.3) is 0 Å². The number of benzene rings is 1. The molecule has 0 spiro atoms. The Kier molecular flexibility index (Phi) is 21.7. The average molecular weight is 868 g/mol. The first-order valence-corrected chi connectivity index (χ1v) is 21.4. The first-order valence-electron chi connectivity index (χ1n) is 21.4. The quantitative estimate of drug-likeness (QED) is 0.0613. The molecule has 0 bridgehead atoms. The van der Waals surface area contributed by atoms with Gasteiger partial charge in [-0.15, -0.1) is 0 Å². The first-order chi connectivity index (χ1) is 30.0. The summed E-state index contributed by atoms with van der Waals surface area (Å²) in [5.74, 6) is 3.47. The van der Waals surface area contributed by atoms with Crippen LogP contribution in [0.3, 0.4) is 0 Å². The molecule has 3 atom stereocenters. The molecule has 1 unspecified atom stereocenters. The topological polar surface area (TPSA) is 237 Å². The van der Waals surface area contributed by atoms with Crippen LogP contribution in [0.2, 0.25) is 0 Å². The molecule has 2 aromatic rings. The highest BCUT2D eigenvalue weighted by molar-refractivity contribution is 6.06. The number of carbonyl (C=O) groups excluding carboxylic acids is 5. The highest BCUT2D eigenvalue weighted by Crippen LogP contribution is 2.25. The number of pyridine rings is 1. The van der Waals surface area contributed by atoms with Gasteiger partial charge < -0.3 is 50.0 Å². The van der Waals surface area contributed by atoms with Crippen LogP contribution in [0.5, 0.6) is 0 Å². The van der Waals surface area contributed by atoms with Gasteiger partial charge in [0.2, 0.25) is 23.6 Å². The zero-order chi connectivity index (χ0) is 44.7. The summed E-state index contributed by atoms with van der Waals surface area (Å²) >= 11 is 0. The zero-order valence-electron chi connectivity index (χ0n) is 36.5. The van der Waals surface area contributed by atoms with Gasteiger partial charge in [0.05, 0.1) is 65.2 Å². The summed E-state index contributed by atoms with van der Waals surface area (Å²) in [4.78, 5) is 74.5. The second-order valence-electron chi connectivity index (χ2n) is 15.6. The van der Waals surface area contributed by atoms with E-state index in [0.717, 1.165) is 28.8 Å². The molecule has 0 aliphatic carbocycles. The van der Waals surface area contributed by atoms with Crippen LogP contribution in [-0.4, -0.2) is 135 Å². The van der Waals surface area contributed by atoms with E-state index in [1.807, 2.05) is 51.1 Å². The fourth-order valence-corrected chi connectivity index (χ4v) is 6.67. The van der Waals surface area contributed by atoms with Gasteiger partial charge in [0.15, 0.2) is 0 Å². The lowest BCUT2D eigenvalue weighted by atomic mass is 9.93. The van der Waals surface area contributed by atoms with Crippen LogP contribution >= 0.6 is 0 Å². The van der Waals surface area contributed by atoms with Crippen molar-refractivity contribution < 1.29 is 47.8 Å². The number of anilines is 1. The van der Waals surface area contributed by atoms with E-state index in [1.54, 1.807) is 24.2 Å². The Balaban J connectivity index is 1.07. The maximum Gasteiger partial charge on any atom is 0.322 e. The van der Waals surface area contributed by atoms with E-state index >= 15 is 0 Å². The Morgan fingerprint density at radius 3 is 2.10 bits per heavy atom. The van der Waals surface area contributed by atoms with Gasteiger partial charge in [0.1, 0.15) is 12.1 Å². The lowest BCUT2D eigenvalue weighted by Crippen LogP contribution is -2.54. The van der Waals surface area contributed by atoms with Crippen molar-refractivity contribution >= 4 is 41.1 Å². The summed E-state index contributed by atoms with van der Waals surface area (Å²) < 4.78 is 21.5. The molecule has 342 valence electrons. The monoisotopic (exact) mass is 867 g/mol. The zero-order valence-corrected chi connectivity index (χ0v) is 36.5. The van der Waals surface area contributed by atoms with Gasteiger partial charge in [-0.25, -0.2) is 15.7 Å². The lowest BCUT2D eigenvalue weighted by Gasteiger charge is -2.28. The molecule has 62 heavy (non-hydrogen) atoms. The Labute approximate surface area is 364 Å². The standard InChI is InChI=1S/C43H65N9O10/c1-30(2)39(49-37(53)13-17-58-18-19-59-20-21-60-22-23-61-24-25-62-44)42(56)47-32(4)41(55)46-14-6-5-7-16-52-38(54)26-31(3)40(50-52)33-8-10-36(11-9-33)48-43(57)51-28-34-12-15-45-27-35(34)29-51/h8-12,15,27,30-32,39H,5-7,13-14,16-26,28-29,44H2,1-4H3,(H,46,55)(H,47,56)(H,48,57)(H,49,53)/t31?,32-,39-/m0/s1. The molecular formula is C43H65N9O10. The molecule has 2 aliphatic heterocycles. The molecule has 19 heteroatoms. The van der Waals surface area contributed by atoms with E-state index in [1.165, 1.54) is 5.01 Å². The van der Waals surface area contributed by atoms with Crippen LogP contribution in [0.15, 0.2) is 47.8 Å². The average Bonchev–Trinajstić information content (AvgIpc) is 3.70. The minimum Gasteiger partial charge on any atom is -0.379 e. The number of carbonyl (C=O) groups is 5. The number of hydrazone groups is 1. The predicted molar refractivity (Wildman–Crippen MR) is 230 cm³/mol. The van der Waals surface area contributed by atoms with Crippen LogP contribution in [-0.2, 0) is 56.1 Å². The summed E-state index contributed by atoms with van der Waals surface area (Å²) in [7, 11) is 0. The number of hydrogen-bond donors (Lipinski definition) is 5. The van der Waals surface area contributed by atoms with E-state index in [9.17, 15) is 24.0 Å². The third-order valence-corrected chi connectivity index (χ3v) is 10.2. The van der Waals surface area contributed by atoms with Gasteiger partial charge >= 0.3 is 6.03 Å². The molecule has 6 N–H and O–H groups in total. The summed E-state index contributed by atoms with van der Waals surface area (Å²) in [6, 6.07) is 7.62. The molecule has 1 aromatic carbocycles. The molecule has 0 saturated heterocycles. The number of hydrogen-bond acceptors (Lipinski definition) is 13. The largest absolute Gasteiger partial charge is 0.379 e. The highest BCUT2D eigenvalue weighted by Gasteiger charge is 2.29. The van der Waals surface area contributed by atoms with Crippen molar-refractivity contribution in [1.29, 1.82) is 0 Å². The number of nitrogens with one attached hydrogen (secondary N) is 4. The summed E-state index contributed by atoms with van der Waals surface area (Å²) in [6.45, 7) is 12.3. The first kappa shape index (κ1) is 49.6. The van der Waals surface area contributed by atoms with Gasteiger partial charge in [-0.1, -0.05) is 32.9 Å². The minimum atomic E-state index is -0.825. The minimum absolute atomic E-state index is 0.0393. The highest BCUT2D eigenvalue weighted by atomic mass is 16.6. The molecule has 2 aliphatic rings. The van der Waals surface area contributed by atoms with Crippen molar-refractivity contribution in [2.45, 2.75) is 85.0 Å². The maximum absolute atomic E-state index is 13.1. The Hall–Kier alpha value is -5.05. The summed E-state index contributed by atoms with van der Waals surface area (Å²) in [5, 5.41) is 17.5. The van der Waals surface area contributed by atoms with Crippen molar-refractivity contribution in [1.82, 2.24) is 30.8 Å². The van der Waals surface area contributed by atoms with E-state index in [0.29, 0.717) is 104 Å². The van der Waals surface area contributed by atoms with Crippen molar-refractivity contribution in [3.63, 3.8) is 0 Å². The van der Waals surface area contributed by atoms with Crippen LogP contribution in [0.1, 0.15) is 76.5 Å². The fraction of sp³-hybridized carbons (Fsp3) is 0.605. The molecular weight excluding hydrogens is 803 g/mol. The number of nitrogens with zero attached hydrogens (tertiary/aromatic N) is 4. The Morgan fingerprint density at radius 1 is 0.806 bits per heavy atom. The second-order valence-corrected chi connectivity index (χ2v) is 15.6. The Morgan fingerprint density at radius 2 is 1.45 bits per heavy atom. The van der Waals surface area contributed by atoms with Crippen LogP contribution in [0, 0.1) is 11.8 Å². The molecule has 6 amide bonds. The van der Waals surface area contributed by atoms with Gasteiger partial charge in [-0.2, -0.15) is 5.10 Å². The third kappa shape index (κ3) is 17.0. The van der Waals surface area contributed by atoms with Crippen LogP contribution in [0.4, 0.5) is 10.5 Å². The van der Waals surface area contributed by atoms with E-state index < -0.39 is 18.0 Å². The SMILES string of the molecule is CC1CC(=O)N(CCCCCNC(=O)[C@H](C)NC(=O)[C@@H](NC(=O)CCOCCOCCOCCOCCON)C(C)C)N=C1c1ccc(NC(=O)N2Cc3ccncc3C2)cc1. The van der Waals surface area contributed by atoms with Crippen molar-refractivity contribution in [3.8, 4) is 0 Å². The maximum atomic E-state index is 13.1. The van der Waals surface area contributed by atoms with E-state index in [2.05, 4.69) is 31.1 Å². The molecule has 19 nitrogen and oxygen atoms in total. The summed E-state index contributed by atoms with van der Waals surface area (Å²) in [6.07, 6.45) is 6.04. The lowest BCUT2D eigenvalue weighted by molar-refractivity contribution is -0.133. The number of aromatic nitrogens is 1. The van der Waals surface area contributed by atoms with Gasteiger partial charge in [-0.05, 0) is 67.0 Å². The Bertz CT molecular complexity index is 1740. The van der Waals surface area contributed by atoms with Crippen molar-refractivity contribution in [2.75, 3.05) is 77.9 Å². The number of fused-ring (bicyclic) bond motifs is 1. The number of amides is 6. The van der Waals surface area contributed by atoms with Crippen molar-refractivity contribution in [2.24, 2.45) is 22.8 Å². The molecule has 4 rings (SSSR count). The number of nitrogens with two attached hydrogens (primary N) is 1. The summed E-state index contributed by atoms with van der Waals surface area (Å²) in [5.41, 5.74) is 4.51. The molecule has 0 radical (unpaired) electrons. The van der Waals surface area contributed by atoms with Crippen molar-refractivity contribution in [3.05, 3.63) is 59.4 Å². The fourth-order valence-electron chi connectivity index (χ4n) is 6.67. The molecule has 0 fully saturated rings. The van der Waals surface area contributed by atoms with Gasteiger partial charge in [-0.3, -0.25) is 24.2 Å². The van der Waals surface area contributed by atoms with E-state index in [-0.39, 0.29) is 48.6 Å².